The first kappa shape index (κ1) is 29.5. The minimum atomic E-state index is -0.611. The highest BCUT2D eigenvalue weighted by Crippen LogP contribution is 2.26. The van der Waals surface area contributed by atoms with Gasteiger partial charge in [-0.2, -0.15) is 5.10 Å². The molecule has 0 heterocycles. The van der Waals surface area contributed by atoms with Crippen LogP contribution in [0.15, 0.2) is 132 Å². The van der Waals surface area contributed by atoms with Gasteiger partial charge in [0.1, 0.15) is 23.9 Å². The van der Waals surface area contributed by atoms with Crippen LogP contribution in [0.2, 0.25) is 0 Å². The lowest BCUT2D eigenvalue weighted by Crippen LogP contribution is -2.17. The summed E-state index contributed by atoms with van der Waals surface area (Å²) in [6.07, 6.45) is 1.34. The highest BCUT2D eigenvalue weighted by molar-refractivity contribution is 5.96. The highest BCUT2D eigenvalue weighted by atomic mass is 16.5. The molecule has 0 aliphatic heterocycles. The van der Waals surface area contributed by atoms with Crippen molar-refractivity contribution in [2.45, 2.75) is 13.5 Å². The van der Waals surface area contributed by atoms with Gasteiger partial charge in [-0.3, -0.25) is 4.79 Å². The number of carbonyl (C=O) groups excluding carboxylic acids is 3. The van der Waals surface area contributed by atoms with E-state index in [1.807, 2.05) is 31.2 Å². The van der Waals surface area contributed by atoms with Gasteiger partial charge in [-0.25, -0.2) is 15.0 Å². The molecule has 0 bridgehead atoms. The van der Waals surface area contributed by atoms with Crippen molar-refractivity contribution in [1.82, 2.24) is 5.43 Å². The van der Waals surface area contributed by atoms with Crippen molar-refractivity contribution < 1.29 is 28.6 Å². The minimum absolute atomic E-state index is 0.0882. The van der Waals surface area contributed by atoms with E-state index in [1.165, 1.54) is 17.8 Å². The van der Waals surface area contributed by atoms with Crippen molar-refractivity contribution in [3.05, 3.63) is 161 Å². The van der Waals surface area contributed by atoms with E-state index in [2.05, 4.69) is 10.5 Å². The van der Waals surface area contributed by atoms with Gasteiger partial charge >= 0.3 is 11.9 Å². The molecule has 0 aliphatic carbocycles. The summed E-state index contributed by atoms with van der Waals surface area (Å²) in [5, 5.41) is 4.05. The smallest absolute Gasteiger partial charge is 0.343 e. The monoisotopic (exact) mass is 584 g/mol. The van der Waals surface area contributed by atoms with Gasteiger partial charge in [-0.1, -0.05) is 66.2 Å². The molecule has 5 rings (SSSR count). The Labute approximate surface area is 254 Å². The predicted octanol–water partition coefficient (Wildman–Crippen LogP) is 6.78. The van der Waals surface area contributed by atoms with E-state index in [-0.39, 0.29) is 11.5 Å². The van der Waals surface area contributed by atoms with Crippen LogP contribution in [-0.4, -0.2) is 24.1 Å². The highest BCUT2D eigenvalue weighted by Gasteiger charge is 2.15. The van der Waals surface area contributed by atoms with E-state index < -0.39 is 17.8 Å². The summed E-state index contributed by atoms with van der Waals surface area (Å²) in [5.41, 5.74) is 6.15. The maximum absolute atomic E-state index is 12.8. The molecule has 8 heteroatoms. The zero-order valence-electron chi connectivity index (χ0n) is 23.8. The molecule has 0 saturated carbocycles. The van der Waals surface area contributed by atoms with Gasteiger partial charge in [-0.05, 0) is 73.2 Å². The van der Waals surface area contributed by atoms with Crippen molar-refractivity contribution in [2.75, 3.05) is 0 Å². The summed E-state index contributed by atoms with van der Waals surface area (Å²) < 4.78 is 16.9. The van der Waals surface area contributed by atoms with Gasteiger partial charge < -0.3 is 14.2 Å². The molecule has 218 valence electrons. The predicted molar refractivity (Wildman–Crippen MR) is 166 cm³/mol. The lowest BCUT2D eigenvalue weighted by Gasteiger charge is -2.11. The molecule has 0 saturated heterocycles. The van der Waals surface area contributed by atoms with Crippen LogP contribution in [0, 0.1) is 6.92 Å². The number of benzene rings is 5. The van der Waals surface area contributed by atoms with Crippen LogP contribution < -0.4 is 19.6 Å². The van der Waals surface area contributed by atoms with Crippen molar-refractivity contribution >= 4 is 24.1 Å². The second-order valence-corrected chi connectivity index (χ2v) is 9.71. The number of hydrogen-bond acceptors (Lipinski definition) is 7. The summed E-state index contributed by atoms with van der Waals surface area (Å²) in [5.74, 6) is -0.733. The molecule has 1 amide bonds. The van der Waals surface area contributed by atoms with Gasteiger partial charge in [0.05, 0.1) is 17.3 Å². The van der Waals surface area contributed by atoms with Crippen LogP contribution in [0.25, 0.3) is 0 Å². The Morgan fingerprint density at radius 2 is 1.25 bits per heavy atom. The van der Waals surface area contributed by atoms with Crippen molar-refractivity contribution in [3.8, 4) is 17.2 Å². The zero-order chi connectivity index (χ0) is 30.7. The lowest BCUT2D eigenvalue weighted by molar-refractivity contribution is 0.0732. The Hall–Kier alpha value is -6.02. The Bertz CT molecular complexity index is 1770. The quantitative estimate of drug-likeness (QED) is 0.0841. The van der Waals surface area contributed by atoms with Crippen LogP contribution in [-0.2, 0) is 6.61 Å². The largest absolute Gasteiger partial charge is 0.489 e. The molecular formula is C36H28N2O6. The lowest BCUT2D eigenvalue weighted by atomic mass is 10.2. The first-order chi connectivity index (χ1) is 21.4. The number of nitrogens with zero attached hydrogens (tertiary/aromatic N) is 1. The normalized spacial score (nSPS) is 10.7. The Kier molecular flexibility index (Phi) is 9.54. The molecular weight excluding hydrogens is 556 g/mol. The van der Waals surface area contributed by atoms with E-state index in [1.54, 1.807) is 97.1 Å². The van der Waals surface area contributed by atoms with Gasteiger partial charge in [0, 0.05) is 17.2 Å². The van der Waals surface area contributed by atoms with E-state index in [4.69, 9.17) is 14.2 Å². The van der Waals surface area contributed by atoms with E-state index >= 15 is 0 Å². The fraction of sp³-hybridized carbons (Fsp3) is 0.0556. The average molecular weight is 585 g/mol. The van der Waals surface area contributed by atoms with Crippen molar-refractivity contribution in [2.24, 2.45) is 5.10 Å². The molecule has 0 fully saturated rings. The number of aryl methyl sites for hydroxylation is 1. The first-order valence-electron chi connectivity index (χ1n) is 13.7. The van der Waals surface area contributed by atoms with E-state index in [9.17, 15) is 14.4 Å². The standard InChI is InChI=1S/C36H28N2O6/c1-25-12-14-26(15-13-25)24-42-31-19-16-27(17-20-31)34(39)38-37-23-30-18-21-32(43-35(40)28-8-4-2-5-9-28)22-33(30)44-36(41)29-10-6-3-7-11-29/h2-23H,24H2,1H3,(H,38,39)/b37-23-. The van der Waals surface area contributed by atoms with E-state index in [0.717, 1.165) is 5.56 Å². The van der Waals surface area contributed by atoms with Gasteiger partial charge in [0.2, 0.25) is 0 Å². The third kappa shape index (κ3) is 8.04. The fourth-order valence-corrected chi connectivity index (χ4v) is 4.02. The first-order valence-corrected chi connectivity index (χ1v) is 13.7. The molecule has 44 heavy (non-hydrogen) atoms. The van der Waals surface area contributed by atoms with Gasteiger partial charge in [0.15, 0.2) is 0 Å². The Morgan fingerprint density at radius 1 is 0.659 bits per heavy atom. The van der Waals surface area contributed by atoms with Crippen molar-refractivity contribution in [3.63, 3.8) is 0 Å². The molecule has 0 unspecified atom stereocenters. The van der Waals surface area contributed by atoms with Crippen LogP contribution in [0.5, 0.6) is 17.2 Å². The van der Waals surface area contributed by atoms with Crippen LogP contribution in [0.4, 0.5) is 0 Å². The summed E-state index contributed by atoms with van der Waals surface area (Å²) >= 11 is 0. The molecule has 5 aromatic rings. The van der Waals surface area contributed by atoms with Crippen LogP contribution in [0.1, 0.15) is 47.8 Å². The van der Waals surface area contributed by atoms with Gasteiger partial charge in [0.25, 0.3) is 5.91 Å². The molecule has 1 N–H and O–H groups in total. The second-order valence-electron chi connectivity index (χ2n) is 9.71. The molecule has 5 aromatic carbocycles. The number of carbonyl (C=O) groups is 3. The summed E-state index contributed by atoms with van der Waals surface area (Å²) in [6, 6.07) is 36.3. The van der Waals surface area contributed by atoms with Crippen LogP contribution in [0.3, 0.4) is 0 Å². The molecule has 0 aromatic heterocycles. The maximum atomic E-state index is 12.8. The van der Waals surface area contributed by atoms with Crippen molar-refractivity contribution in [1.29, 1.82) is 0 Å². The number of amides is 1. The number of hydrogen-bond donors (Lipinski definition) is 1. The molecule has 0 spiro atoms. The number of nitrogens with one attached hydrogen (secondary N) is 1. The number of hydrazone groups is 1. The van der Waals surface area contributed by atoms with E-state index in [0.29, 0.717) is 34.6 Å². The number of ether oxygens (including phenoxy) is 3. The topological polar surface area (TPSA) is 103 Å². The zero-order valence-corrected chi connectivity index (χ0v) is 23.8. The molecule has 0 aliphatic rings. The molecule has 8 nitrogen and oxygen atoms in total. The minimum Gasteiger partial charge on any atom is -0.489 e. The third-order valence-electron chi connectivity index (χ3n) is 6.43. The second kappa shape index (κ2) is 14.2. The summed E-state index contributed by atoms with van der Waals surface area (Å²) in [7, 11) is 0. The summed E-state index contributed by atoms with van der Waals surface area (Å²) in [4.78, 5) is 38.1. The van der Waals surface area contributed by atoms with Crippen LogP contribution >= 0.6 is 0 Å². The van der Waals surface area contributed by atoms with Gasteiger partial charge in [-0.15, -0.1) is 0 Å². The number of rotatable bonds is 10. The average Bonchev–Trinajstić information content (AvgIpc) is 3.06. The fourth-order valence-electron chi connectivity index (χ4n) is 4.02. The Morgan fingerprint density at radius 3 is 1.89 bits per heavy atom. The SMILES string of the molecule is Cc1ccc(COc2ccc(C(=O)N/N=C\c3ccc(OC(=O)c4ccccc4)cc3OC(=O)c3ccccc3)cc2)cc1. The number of esters is 2. The third-order valence-corrected chi connectivity index (χ3v) is 6.43. The molecule has 0 radical (unpaired) electrons. The maximum Gasteiger partial charge on any atom is 0.343 e. The molecule has 0 atom stereocenters. The summed E-state index contributed by atoms with van der Waals surface area (Å²) in [6.45, 7) is 2.44. The Balaban J connectivity index is 1.26.